The standard InChI is InChI=1S/C24H21FN4O3S/c1-13(2)21(23(31)32)29-22(30)15-5-3-14(4-6-15)16-7-8-18(17(25)11-16)27-24-28-19-12-26-10-9-20(19)33-24/h3-13,21H,1-2H3,(H,27,28)(H,29,30)(H,31,32)/t21-/m0/s1. The maximum Gasteiger partial charge on any atom is 0.326 e. The van der Waals surface area contributed by atoms with Crippen molar-refractivity contribution in [3.8, 4) is 11.1 Å². The molecule has 4 rings (SSSR count). The van der Waals surface area contributed by atoms with Crippen molar-refractivity contribution in [3.63, 3.8) is 0 Å². The number of aliphatic carboxylic acids is 1. The summed E-state index contributed by atoms with van der Waals surface area (Å²) < 4.78 is 15.7. The number of rotatable bonds is 7. The first-order chi connectivity index (χ1) is 15.8. The van der Waals surface area contributed by atoms with Gasteiger partial charge in [-0.1, -0.05) is 43.4 Å². The molecule has 0 unspecified atom stereocenters. The topological polar surface area (TPSA) is 104 Å². The number of carboxylic acids is 1. The third-order valence-corrected chi connectivity index (χ3v) is 6.05. The Bertz CT molecular complexity index is 1290. The van der Waals surface area contributed by atoms with Crippen LogP contribution in [-0.2, 0) is 4.79 Å². The second kappa shape index (κ2) is 9.33. The van der Waals surface area contributed by atoms with Gasteiger partial charge in [0.2, 0.25) is 0 Å². The Balaban J connectivity index is 1.48. The molecule has 1 amide bonds. The molecule has 4 aromatic rings. The Morgan fingerprint density at radius 2 is 1.79 bits per heavy atom. The fraction of sp³-hybridized carbons (Fsp3) is 0.167. The minimum Gasteiger partial charge on any atom is -0.480 e. The first kappa shape index (κ1) is 22.3. The highest BCUT2D eigenvalue weighted by Gasteiger charge is 2.23. The van der Waals surface area contributed by atoms with Crippen LogP contribution >= 0.6 is 11.3 Å². The molecule has 0 bridgehead atoms. The van der Waals surface area contributed by atoms with Crippen LogP contribution in [0.1, 0.15) is 24.2 Å². The van der Waals surface area contributed by atoms with Gasteiger partial charge in [0, 0.05) is 11.8 Å². The van der Waals surface area contributed by atoms with Crippen molar-refractivity contribution in [2.24, 2.45) is 5.92 Å². The number of amides is 1. The van der Waals surface area contributed by atoms with E-state index in [0.717, 1.165) is 15.8 Å². The highest BCUT2D eigenvalue weighted by atomic mass is 32.1. The lowest BCUT2D eigenvalue weighted by Crippen LogP contribution is -2.44. The highest BCUT2D eigenvalue weighted by molar-refractivity contribution is 7.22. The lowest BCUT2D eigenvalue weighted by Gasteiger charge is -2.18. The van der Waals surface area contributed by atoms with Crippen LogP contribution in [-0.4, -0.2) is 33.0 Å². The van der Waals surface area contributed by atoms with Gasteiger partial charge in [0.25, 0.3) is 5.91 Å². The minimum atomic E-state index is -1.08. The van der Waals surface area contributed by atoms with Crippen LogP contribution in [0, 0.1) is 11.7 Å². The molecule has 1 atom stereocenters. The molecule has 0 saturated carbocycles. The van der Waals surface area contributed by atoms with E-state index in [1.165, 1.54) is 17.4 Å². The molecule has 0 aliphatic carbocycles. The molecule has 0 aliphatic heterocycles. The molecule has 2 aromatic heterocycles. The molecule has 0 spiro atoms. The summed E-state index contributed by atoms with van der Waals surface area (Å²) in [4.78, 5) is 32.1. The van der Waals surface area contributed by atoms with Gasteiger partial charge in [0.15, 0.2) is 5.13 Å². The molecular formula is C24H21FN4O3S. The van der Waals surface area contributed by atoms with Crippen molar-refractivity contribution in [1.29, 1.82) is 0 Å². The van der Waals surface area contributed by atoms with Crippen molar-refractivity contribution in [1.82, 2.24) is 15.3 Å². The Hall–Kier alpha value is -3.85. The molecule has 0 saturated heterocycles. The monoisotopic (exact) mass is 464 g/mol. The summed E-state index contributed by atoms with van der Waals surface area (Å²) in [5.41, 5.74) is 2.74. The number of nitrogens with zero attached hydrogens (tertiary/aromatic N) is 2. The zero-order chi connectivity index (χ0) is 23.5. The summed E-state index contributed by atoms with van der Waals surface area (Å²) in [6, 6.07) is 12.3. The van der Waals surface area contributed by atoms with Gasteiger partial charge in [-0.15, -0.1) is 0 Å². The molecule has 2 aromatic carbocycles. The molecule has 168 valence electrons. The number of pyridine rings is 1. The van der Waals surface area contributed by atoms with Crippen molar-refractivity contribution >= 4 is 44.2 Å². The number of hydrogen-bond acceptors (Lipinski definition) is 6. The van der Waals surface area contributed by atoms with E-state index < -0.39 is 23.7 Å². The van der Waals surface area contributed by atoms with Crippen LogP contribution in [0.4, 0.5) is 15.2 Å². The van der Waals surface area contributed by atoms with Crippen LogP contribution in [0.15, 0.2) is 60.9 Å². The van der Waals surface area contributed by atoms with Crippen LogP contribution < -0.4 is 10.6 Å². The number of benzene rings is 2. The zero-order valence-corrected chi connectivity index (χ0v) is 18.7. The number of carbonyl (C=O) groups excluding carboxylic acids is 1. The molecule has 0 radical (unpaired) electrons. The van der Waals surface area contributed by atoms with Gasteiger partial charge in [-0.3, -0.25) is 9.78 Å². The lowest BCUT2D eigenvalue weighted by atomic mass is 10.0. The summed E-state index contributed by atoms with van der Waals surface area (Å²) in [7, 11) is 0. The fourth-order valence-corrected chi connectivity index (χ4v) is 4.14. The van der Waals surface area contributed by atoms with Gasteiger partial charge >= 0.3 is 5.97 Å². The van der Waals surface area contributed by atoms with E-state index in [0.29, 0.717) is 21.9 Å². The van der Waals surface area contributed by atoms with Crippen molar-refractivity contribution < 1.29 is 19.1 Å². The van der Waals surface area contributed by atoms with Crippen LogP contribution in [0.5, 0.6) is 0 Å². The largest absolute Gasteiger partial charge is 0.480 e. The maximum absolute atomic E-state index is 14.8. The number of fused-ring (bicyclic) bond motifs is 1. The van der Waals surface area contributed by atoms with E-state index in [9.17, 15) is 19.1 Å². The lowest BCUT2D eigenvalue weighted by molar-refractivity contribution is -0.140. The molecule has 9 heteroatoms. The van der Waals surface area contributed by atoms with Gasteiger partial charge in [0.05, 0.1) is 16.6 Å². The normalized spacial score (nSPS) is 12.0. The average Bonchev–Trinajstić information content (AvgIpc) is 3.21. The van der Waals surface area contributed by atoms with Crippen LogP contribution in [0.2, 0.25) is 0 Å². The van der Waals surface area contributed by atoms with Gasteiger partial charge in [-0.05, 0) is 47.4 Å². The van der Waals surface area contributed by atoms with Crippen molar-refractivity contribution in [2.75, 3.05) is 5.32 Å². The number of hydrogen-bond donors (Lipinski definition) is 3. The van der Waals surface area contributed by atoms with Gasteiger partial charge < -0.3 is 15.7 Å². The predicted molar refractivity (Wildman–Crippen MR) is 126 cm³/mol. The first-order valence-electron chi connectivity index (χ1n) is 10.2. The summed E-state index contributed by atoms with van der Waals surface area (Å²) >= 11 is 1.41. The fourth-order valence-electron chi connectivity index (χ4n) is 3.30. The Kier molecular flexibility index (Phi) is 6.32. The first-order valence-corrected chi connectivity index (χ1v) is 11.0. The number of aromatic nitrogens is 2. The van der Waals surface area contributed by atoms with Gasteiger partial charge in [-0.25, -0.2) is 14.2 Å². The van der Waals surface area contributed by atoms with E-state index in [4.69, 9.17) is 0 Å². The molecule has 7 nitrogen and oxygen atoms in total. The minimum absolute atomic E-state index is 0.250. The Labute approximate surface area is 193 Å². The van der Waals surface area contributed by atoms with Crippen LogP contribution in [0.25, 0.3) is 21.3 Å². The van der Waals surface area contributed by atoms with E-state index in [1.54, 1.807) is 62.6 Å². The van der Waals surface area contributed by atoms with E-state index in [-0.39, 0.29) is 5.92 Å². The zero-order valence-electron chi connectivity index (χ0n) is 17.9. The summed E-state index contributed by atoms with van der Waals surface area (Å²) in [6.07, 6.45) is 3.34. The highest BCUT2D eigenvalue weighted by Crippen LogP contribution is 2.30. The van der Waals surface area contributed by atoms with E-state index >= 15 is 0 Å². The number of nitrogens with one attached hydrogen (secondary N) is 2. The van der Waals surface area contributed by atoms with Gasteiger partial charge in [-0.2, -0.15) is 0 Å². The molecular weight excluding hydrogens is 443 g/mol. The third-order valence-electron chi connectivity index (χ3n) is 5.10. The second-order valence-corrected chi connectivity index (χ2v) is 8.82. The average molecular weight is 465 g/mol. The van der Waals surface area contributed by atoms with Crippen molar-refractivity contribution in [3.05, 3.63) is 72.3 Å². The molecule has 0 aliphatic rings. The smallest absolute Gasteiger partial charge is 0.326 e. The molecule has 33 heavy (non-hydrogen) atoms. The third kappa shape index (κ3) is 4.98. The van der Waals surface area contributed by atoms with E-state index in [1.807, 2.05) is 6.07 Å². The number of carboxylic acid groups (broad SMARTS) is 1. The molecule has 3 N–H and O–H groups in total. The van der Waals surface area contributed by atoms with Crippen LogP contribution in [0.3, 0.4) is 0 Å². The Morgan fingerprint density at radius 3 is 2.42 bits per heavy atom. The number of thiazole rings is 1. The maximum atomic E-state index is 14.8. The second-order valence-electron chi connectivity index (χ2n) is 7.79. The molecule has 2 heterocycles. The predicted octanol–water partition coefficient (Wildman–Crippen LogP) is 5.08. The quantitative estimate of drug-likeness (QED) is 0.352. The number of carbonyl (C=O) groups is 2. The number of halogens is 1. The van der Waals surface area contributed by atoms with Crippen molar-refractivity contribution in [2.45, 2.75) is 19.9 Å². The Morgan fingerprint density at radius 1 is 1.06 bits per heavy atom. The van der Waals surface area contributed by atoms with E-state index in [2.05, 4.69) is 20.6 Å². The molecule has 0 fully saturated rings. The SMILES string of the molecule is CC(C)[C@H](NC(=O)c1ccc(-c2ccc(Nc3nc4cnccc4s3)c(F)c2)cc1)C(=O)O. The summed E-state index contributed by atoms with van der Waals surface area (Å²) in [6.45, 7) is 3.45. The van der Waals surface area contributed by atoms with Gasteiger partial charge in [0.1, 0.15) is 17.4 Å². The summed E-state index contributed by atoms with van der Waals surface area (Å²) in [5.74, 6) is -2.24. The number of anilines is 2. The summed E-state index contributed by atoms with van der Waals surface area (Å²) in [5, 5.41) is 15.3.